The summed E-state index contributed by atoms with van der Waals surface area (Å²) in [6, 6.07) is 4.00. The number of rotatable bonds is 5. The second-order valence-electron chi connectivity index (χ2n) is 5.80. The van der Waals surface area contributed by atoms with Gasteiger partial charge in [-0.05, 0) is 43.6 Å². The zero-order chi connectivity index (χ0) is 15.2. The first-order valence-corrected chi connectivity index (χ1v) is 7.82. The van der Waals surface area contributed by atoms with Crippen molar-refractivity contribution in [1.29, 1.82) is 0 Å². The van der Waals surface area contributed by atoms with Crippen molar-refractivity contribution in [3.8, 4) is 5.88 Å². The van der Waals surface area contributed by atoms with Gasteiger partial charge >= 0.3 is 5.97 Å². The first-order chi connectivity index (χ1) is 10.2. The molecule has 1 aromatic heterocycles. The number of hydrogen-bond donors (Lipinski definition) is 0. The molecule has 2 unspecified atom stereocenters. The zero-order valence-corrected chi connectivity index (χ0v) is 13.2. The van der Waals surface area contributed by atoms with Gasteiger partial charge in [0, 0.05) is 12.3 Å². The molecule has 2 rings (SSSR count). The maximum absolute atomic E-state index is 11.9. The van der Waals surface area contributed by atoms with E-state index in [-0.39, 0.29) is 11.9 Å². The molecule has 1 fully saturated rings. The van der Waals surface area contributed by atoms with E-state index in [0.29, 0.717) is 24.3 Å². The smallest absolute Gasteiger partial charge is 0.308 e. The summed E-state index contributed by atoms with van der Waals surface area (Å²) in [6.07, 6.45) is 6.38. The highest BCUT2D eigenvalue weighted by Crippen LogP contribution is 2.39. The van der Waals surface area contributed by atoms with Crippen LogP contribution in [0.3, 0.4) is 0 Å². The van der Waals surface area contributed by atoms with Gasteiger partial charge in [0.25, 0.3) is 0 Å². The van der Waals surface area contributed by atoms with Crippen LogP contribution in [0.25, 0.3) is 0 Å². The Morgan fingerprint density at radius 3 is 2.86 bits per heavy atom. The number of pyridine rings is 1. The molecule has 4 nitrogen and oxygen atoms in total. The van der Waals surface area contributed by atoms with Gasteiger partial charge in [-0.2, -0.15) is 0 Å². The summed E-state index contributed by atoms with van der Waals surface area (Å²) in [6.45, 7) is 4.32. The van der Waals surface area contributed by atoms with Gasteiger partial charge in [-0.25, -0.2) is 4.98 Å². The van der Waals surface area contributed by atoms with E-state index in [4.69, 9.17) is 9.47 Å². The minimum absolute atomic E-state index is 0.0149. The Hall–Kier alpha value is -1.58. The lowest BCUT2D eigenvalue weighted by Crippen LogP contribution is -2.27. The second-order valence-corrected chi connectivity index (χ2v) is 5.80. The molecule has 3 atom stereocenters. The Morgan fingerprint density at radius 1 is 1.43 bits per heavy atom. The monoisotopic (exact) mass is 291 g/mol. The molecule has 0 bridgehead atoms. The number of hydrogen-bond acceptors (Lipinski definition) is 4. The lowest BCUT2D eigenvalue weighted by molar-refractivity contribution is -0.149. The predicted octanol–water partition coefficient (Wildman–Crippen LogP) is 3.56. The fourth-order valence-corrected chi connectivity index (χ4v) is 3.20. The molecule has 116 valence electrons. The standard InChI is InChI=1S/C17H25NO3/c1-4-21-17(19)12(2)13-6-5-7-14(10-13)15-8-9-16(20-3)18-11-15/h8-9,11-14H,4-7,10H2,1-3H3/t12?,13?,14-/m1/s1. The maximum atomic E-state index is 11.9. The van der Waals surface area contributed by atoms with Crippen LogP contribution in [0.1, 0.15) is 51.0 Å². The van der Waals surface area contributed by atoms with E-state index in [2.05, 4.69) is 11.1 Å². The van der Waals surface area contributed by atoms with E-state index in [1.807, 2.05) is 26.1 Å². The Morgan fingerprint density at radius 2 is 2.24 bits per heavy atom. The molecule has 1 aliphatic carbocycles. The van der Waals surface area contributed by atoms with E-state index in [0.717, 1.165) is 19.3 Å². The number of aromatic nitrogens is 1. The van der Waals surface area contributed by atoms with Crippen molar-refractivity contribution < 1.29 is 14.3 Å². The Bertz CT molecular complexity index is 458. The van der Waals surface area contributed by atoms with Crippen LogP contribution in [-0.4, -0.2) is 24.7 Å². The number of carbonyl (C=O) groups excluding carboxylic acids is 1. The molecule has 1 aromatic rings. The molecule has 0 aliphatic heterocycles. The molecule has 1 saturated carbocycles. The molecule has 0 amide bonds. The number of carbonyl (C=O) groups is 1. The van der Waals surface area contributed by atoms with Gasteiger partial charge in [-0.3, -0.25) is 4.79 Å². The molecule has 0 saturated heterocycles. The van der Waals surface area contributed by atoms with Crippen LogP contribution in [-0.2, 0) is 9.53 Å². The highest BCUT2D eigenvalue weighted by Gasteiger charge is 2.31. The highest BCUT2D eigenvalue weighted by molar-refractivity contribution is 5.72. The van der Waals surface area contributed by atoms with Crippen LogP contribution in [0.2, 0.25) is 0 Å². The summed E-state index contributed by atoms with van der Waals surface area (Å²) >= 11 is 0. The normalized spacial score (nSPS) is 23.4. The molecule has 0 spiro atoms. The summed E-state index contributed by atoms with van der Waals surface area (Å²) in [5.41, 5.74) is 1.25. The minimum atomic E-state index is -0.0593. The van der Waals surface area contributed by atoms with E-state index >= 15 is 0 Å². The Kier molecular flexibility index (Phi) is 5.59. The number of nitrogens with zero attached hydrogens (tertiary/aromatic N) is 1. The van der Waals surface area contributed by atoms with Crippen LogP contribution in [0.4, 0.5) is 0 Å². The van der Waals surface area contributed by atoms with Gasteiger partial charge in [-0.15, -0.1) is 0 Å². The van der Waals surface area contributed by atoms with Gasteiger partial charge in [0.1, 0.15) is 0 Å². The van der Waals surface area contributed by atoms with Gasteiger partial charge < -0.3 is 9.47 Å². The van der Waals surface area contributed by atoms with Gasteiger partial charge in [0.15, 0.2) is 0 Å². The Balaban J connectivity index is 2.00. The number of methoxy groups -OCH3 is 1. The molecule has 1 aliphatic rings. The van der Waals surface area contributed by atoms with Crippen LogP contribution in [0.5, 0.6) is 5.88 Å². The van der Waals surface area contributed by atoms with Crippen LogP contribution < -0.4 is 4.74 Å². The average Bonchev–Trinajstić information content (AvgIpc) is 2.54. The van der Waals surface area contributed by atoms with Crippen molar-refractivity contribution in [2.75, 3.05) is 13.7 Å². The molecule has 0 aromatic carbocycles. The van der Waals surface area contributed by atoms with Crippen LogP contribution >= 0.6 is 0 Å². The first kappa shape index (κ1) is 15.8. The van der Waals surface area contributed by atoms with Gasteiger partial charge in [0.05, 0.1) is 19.6 Å². The van der Waals surface area contributed by atoms with Crippen molar-refractivity contribution in [2.24, 2.45) is 11.8 Å². The third kappa shape index (κ3) is 3.96. The lowest BCUT2D eigenvalue weighted by atomic mass is 9.73. The summed E-state index contributed by atoms with van der Waals surface area (Å²) < 4.78 is 10.3. The van der Waals surface area contributed by atoms with Crippen molar-refractivity contribution in [3.05, 3.63) is 23.9 Å². The first-order valence-electron chi connectivity index (χ1n) is 7.82. The molecule has 21 heavy (non-hydrogen) atoms. The minimum Gasteiger partial charge on any atom is -0.481 e. The number of ether oxygens (including phenoxy) is 2. The third-order valence-corrected chi connectivity index (χ3v) is 4.52. The topological polar surface area (TPSA) is 48.4 Å². The van der Waals surface area contributed by atoms with Crippen molar-refractivity contribution >= 4 is 5.97 Å². The largest absolute Gasteiger partial charge is 0.481 e. The number of esters is 1. The quantitative estimate of drug-likeness (QED) is 0.778. The SMILES string of the molecule is CCOC(=O)C(C)C1CCC[C@@H](c2ccc(OC)nc2)C1. The lowest BCUT2D eigenvalue weighted by Gasteiger charge is -2.32. The van der Waals surface area contributed by atoms with E-state index in [9.17, 15) is 4.79 Å². The molecular formula is C17H25NO3. The van der Waals surface area contributed by atoms with Crippen LogP contribution in [0, 0.1) is 11.8 Å². The molecule has 0 radical (unpaired) electrons. The summed E-state index contributed by atoms with van der Waals surface area (Å²) in [5.74, 6) is 1.46. The van der Waals surface area contributed by atoms with Crippen molar-refractivity contribution in [2.45, 2.75) is 45.4 Å². The van der Waals surface area contributed by atoms with Gasteiger partial charge in [-0.1, -0.05) is 19.4 Å². The third-order valence-electron chi connectivity index (χ3n) is 4.52. The van der Waals surface area contributed by atoms with Crippen molar-refractivity contribution in [3.63, 3.8) is 0 Å². The average molecular weight is 291 g/mol. The fourth-order valence-electron chi connectivity index (χ4n) is 3.20. The van der Waals surface area contributed by atoms with Crippen LogP contribution in [0.15, 0.2) is 18.3 Å². The predicted molar refractivity (Wildman–Crippen MR) is 81.3 cm³/mol. The summed E-state index contributed by atoms with van der Waals surface area (Å²) in [4.78, 5) is 16.2. The summed E-state index contributed by atoms with van der Waals surface area (Å²) in [7, 11) is 1.62. The van der Waals surface area contributed by atoms with E-state index in [1.54, 1.807) is 7.11 Å². The molecule has 0 N–H and O–H groups in total. The molecular weight excluding hydrogens is 266 g/mol. The maximum Gasteiger partial charge on any atom is 0.308 e. The van der Waals surface area contributed by atoms with E-state index in [1.165, 1.54) is 12.0 Å². The van der Waals surface area contributed by atoms with Crippen molar-refractivity contribution in [1.82, 2.24) is 4.98 Å². The zero-order valence-electron chi connectivity index (χ0n) is 13.2. The fraction of sp³-hybridized carbons (Fsp3) is 0.647. The Labute approximate surface area is 126 Å². The molecule has 4 heteroatoms. The van der Waals surface area contributed by atoms with E-state index < -0.39 is 0 Å². The van der Waals surface area contributed by atoms with Gasteiger partial charge in [0.2, 0.25) is 5.88 Å². The highest BCUT2D eigenvalue weighted by atomic mass is 16.5. The molecule has 1 heterocycles. The second kappa shape index (κ2) is 7.43. The summed E-state index contributed by atoms with van der Waals surface area (Å²) in [5, 5.41) is 0.